The molecule has 0 spiro atoms. The van der Waals surface area contributed by atoms with Crippen LogP contribution in [0.4, 0.5) is 0 Å². The first-order valence-corrected chi connectivity index (χ1v) is 10.8. The lowest BCUT2D eigenvalue weighted by Gasteiger charge is -2.33. The monoisotopic (exact) mass is 398 g/mol. The zero-order chi connectivity index (χ0) is 20.5. The largest absolute Gasteiger partial charge is 0.465 e. The molecule has 1 aromatic carbocycles. The van der Waals surface area contributed by atoms with E-state index in [9.17, 15) is 9.59 Å². The van der Waals surface area contributed by atoms with Crippen molar-refractivity contribution < 1.29 is 19.1 Å². The maximum absolute atomic E-state index is 12.8. The van der Waals surface area contributed by atoms with Gasteiger partial charge in [0.2, 0.25) is 0 Å². The number of carbonyl (C=O) groups is 2. The molecule has 2 heterocycles. The topological polar surface area (TPSA) is 70.4 Å². The Balaban J connectivity index is 1.67. The number of fused-ring (bicyclic) bond motifs is 1. The van der Waals surface area contributed by atoms with Crippen molar-refractivity contribution in [1.82, 2.24) is 9.78 Å². The second-order valence-electron chi connectivity index (χ2n) is 8.43. The Morgan fingerprint density at radius 1 is 1.34 bits per heavy atom. The van der Waals surface area contributed by atoms with Gasteiger partial charge in [-0.1, -0.05) is 13.0 Å². The molecule has 2 aromatic rings. The molecule has 2 unspecified atom stereocenters. The number of ether oxygens (including phenoxy) is 2. The van der Waals surface area contributed by atoms with Gasteiger partial charge in [0.25, 0.3) is 0 Å². The highest BCUT2D eigenvalue weighted by Crippen LogP contribution is 2.43. The lowest BCUT2D eigenvalue weighted by atomic mass is 9.70. The van der Waals surface area contributed by atoms with Crippen LogP contribution < -0.4 is 0 Å². The fourth-order valence-corrected chi connectivity index (χ4v) is 4.97. The number of hydrogen-bond donors (Lipinski definition) is 0. The lowest BCUT2D eigenvalue weighted by Crippen LogP contribution is -2.35. The molecule has 2 fully saturated rings. The Morgan fingerprint density at radius 2 is 2.17 bits per heavy atom. The highest BCUT2D eigenvalue weighted by Gasteiger charge is 2.40. The molecule has 29 heavy (non-hydrogen) atoms. The third-order valence-electron chi connectivity index (χ3n) is 6.51. The van der Waals surface area contributed by atoms with Gasteiger partial charge in [0.1, 0.15) is 11.7 Å². The molecule has 6 nitrogen and oxygen atoms in total. The maximum Gasteiger partial charge on any atom is 0.316 e. The summed E-state index contributed by atoms with van der Waals surface area (Å²) in [5.74, 6) is -0.715. The van der Waals surface area contributed by atoms with E-state index in [0.29, 0.717) is 19.4 Å². The lowest BCUT2D eigenvalue weighted by molar-refractivity contribution is -0.153. The summed E-state index contributed by atoms with van der Waals surface area (Å²) in [5, 5.41) is 5.76. The molecule has 1 aliphatic carbocycles. The zero-order valence-electron chi connectivity index (χ0n) is 17.5. The fourth-order valence-electron chi connectivity index (χ4n) is 4.97. The summed E-state index contributed by atoms with van der Waals surface area (Å²) in [4.78, 5) is 25.0. The van der Waals surface area contributed by atoms with Gasteiger partial charge in [-0.05, 0) is 68.6 Å². The van der Waals surface area contributed by atoms with Gasteiger partial charge >= 0.3 is 5.97 Å². The van der Waals surface area contributed by atoms with E-state index in [2.05, 4.69) is 31.1 Å². The Labute approximate surface area is 171 Å². The van der Waals surface area contributed by atoms with Gasteiger partial charge in [0.05, 0.1) is 18.3 Å². The first-order chi connectivity index (χ1) is 14.0. The van der Waals surface area contributed by atoms with E-state index in [0.717, 1.165) is 36.8 Å². The zero-order valence-corrected chi connectivity index (χ0v) is 17.5. The molecule has 1 saturated heterocycles. The number of carbonyl (C=O) groups excluding carboxylic acids is 2. The third-order valence-corrected chi connectivity index (χ3v) is 6.51. The van der Waals surface area contributed by atoms with Gasteiger partial charge in [0.15, 0.2) is 6.23 Å². The molecular weight excluding hydrogens is 368 g/mol. The molecule has 156 valence electrons. The van der Waals surface area contributed by atoms with Crippen molar-refractivity contribution in [3.05, 3.63) is 29.5 Å². The number of Topliss-reactive ketones (excluding diaryl/α,β-unsaturated/α-hetero) is 1. The average Bonchev–Trinajstić information content (AvgIpc) is 3.14. The Bertz CT molecular complexity index is 913. The summed E-state index contributed by atoms with van der Waals surface area (Å²) in [6, 6.07) is 4.23. The van der Waals surface area contributed by atoms with Gasteiger partial charge in [0, 0.05) is 18.4 Å². The average molecular weight is 399 g/mol. The molecule has 0 amide bonds. The highest BCUT2D eigenvalue weighted by atomic mass is 16.5. The molecule has 4 atom stereocenters. The van der Waals surface area contributed by atoms with Crippen LogP contribution in [-0.4, -0.2) is 34.7 Å². The molecule has 0 bridgehead atoms. The van der Waals surface area contributed by atoms with Crippen LogP contribution in [0.1, 0.15) is 69.2 Å². The van der Waals surface area contributed by atoms with Crippen molar-refractivity contribution >= 4 is 22.7 Å². The molecule has 2 aliphatic rings. The second kappa shape index (κ2) is 8.27. The first kappa shape index (κ1) is 20.1. The van der Waals surface area contributed by atoms with E-state index >= 15 is 0 Å². The highest BCUT2D eigenvalue weighted by molar-refractivity contribution is 6.00. The van der Waals surface area contributed by atoms with Crippen molar-refractivity contribution in [3.63, 3.8) is 0 Å². The van der Waals surface area contributed by atoms with Crippen LogP contribution >= 0.6 is 0 Å². The van der Waals surface area contributed by atoms with Crippen molar-refractivity contribution in [2.75, 3.05) is 13.2 Å². The summed E-state index contributed by atoms with van der Waals surface area (Å²) in [5.41, 5.74) is 3.42. The summed E-state index contributed by atoms with van der Waals surface area (Å²) in [6.45, 7) is 7.08. The van der Waals surface area contributed by atoms with Gasteiger partial charge in [-0.3, -0.25) is 9.59 Å². The summed E-state index contributed by atoms with van der Waals surface area (Å²) in [6.07, 6.45) is 6.03. The van der Waals surface area contributed by atoms with E-state index in [4.69, 9.17) is 9.47 Å². The number of esters is 1. The van der Waals surface area contributed by atoms with E-state index in [1.807, 2.05) is 10.9 Å². The summed E-state index contributed by atoms with van der Waals surface area (Å²) >= 11 is 0. The normalized spacial score (nSPS) is 27.9. The predicted molar refractivity (Wildman–Crippen MR) is 110 cm³/mol. The van der Waals surface area contributed by atoms with Gasteiger partial charge in [-0.15, -0.1) is 0 Å². The third kappa shape index (κ3) is 3.70. The number of aromatic nitrogens is 2. The van der Waals surface area contributed by atoms with Crippen LogP contribution in [0.3, 0.4) is 0 Å². The quantitative estimate of drug-likeness (QED) is 0.567. The molecule has 1 aliphatic heterocycles. The standard InChI is InChI=1S/C23H30N2O4/c1-4-28-23(27)17-11-15(3)16(12-20(17)26)22-14(2)8-9-19-18(22)13-24-25(19)21-7-5-6-10-29-21/h8-9,13,15-17,21H,4-7,10-12H2,1-3H3/t15-,16-,17?,21?/m1/s1. The molecule has 6 heteroatoms. The molecule has 0 N–H and O–H groups in total. The van der Waals surface area contributed by atoms with Crippen molar-refractivity contribution in [1.29, 1.82) is 0 Å². The van der Waals surface area contributed by atoms with Crippen molar-refractivity contribution in [2.24, 2.45) is 11.8 Å². The minimum atomic E-state index is -0.626. The van der Waals surface area contributed by atoms with Crippen LogP contribution in [0.25, 0.3) is 10.9 Å². The van der Waals surface area contributed by atoms with Gasteiger partial charge in [-0.2, -0.15) is 5.10 Å². The maximum atomic E-state index is 12.8. The van der Waals surface area contributed by atoms with E-state index in [1.54, 1.807) is 6.92 Å². The molecule has 1 saturated carbocycles. The van der Waals surface area contributed by atoms with Gasteiger partial charge < -0.3 is 9.47 Å². The minimum absolute atomic E-state index is 0.00837. The summed E-state index contributed by atoms with van der Waals surface area (Å²) < 4.78 is 13.1. The van der Waals surface area contributed by atoms with E-state index < -0.39 is 5.92 Å². The minimum Gasteiger partial charge on any atom is -0.465 e. The van der Waals surface area contributed by atoms with Crippen molar-refractivity contribution in [2.45, 2.75) is 65.0 Å². The number of nitrogens with zero attached hydrogens (tertiary/aromatic N) is 2. The smallest absolute Gasteiger partial charge is 0.316 e. The van der Waals surface area contributed by atoms with E-state index in [1.165, 1.54) is 11.1 Å². The SMILES string of the molecule is CCOC(=O)C1C[C@@H](C)[C@H](c2c(C)ccc3c2cnn3C2CCCCO2)CC1=O. The van der Waals surface area contributed by atoms with E-state index in [-0.39, 0.29) is 29.8 Å². The molecule has 0 radical (unpaired) electrons. The first-order valence-electron chi connectivity index (χ1n) is 10.8. The second-order valence-corrected chi connectivity index (χ2v) is 8.43. The number of benzene rings is 1. The predicted octanol–water partition coefficient (Wildman–Crippen LogP) is 4.31. The summed E-state index contributed by atoms with van der Waals surface area (Å²) in [7, 11) is 0. The van der Waals surface area contributed by atoms with Crippen molar-refractivity contribution in [3.8, 4) is 0 Å². The molecule has 1 aromatic heterocycles. The molecular formula is C23H30N2O4. The number of rotatable bonds is 4. The molecule has 4 rings (SSSR count). The Kier molecular flexibility index (Phi) is 5.72. The number of hydrogen-bond acceptors (Lipinski definition) is 5. The Hall–Kier alpha value is -2.21. The fraction of sp³-hybridized carbons (Fsp3) is 0.609. The van der Waals surface area contributed by atoms with Crippen LogP contribution in [-0.2, 0) is 19.1 Å². The van der Waals surface area contributed by atoms with Crippen LogP contribution in [0.2, 0.25) is 0 Å². The van der Waals surface area contributed by atoms with Crippen LogP contribution in [0.5, 0.6) is 0 Å². The van der Waals surface area contributed by atoms with Crippen LogP contribution in [0.15, 0.2) is 18.3 Å². The Morgan fingerprint density at radius 3 is 2.90 bits per heavy atom. The van der Waals surface area contributed by atoms with Gasteiger partial charge in [-0.25, -0.2) is 4.68 Å². The number of aryl methyl sites for hydroxylation is 1. The van der Waals surface area contributed by atoms with Crippen LogP contribution in [0, 0.1) is 18.8 Å². The number of ketones is 1.